The second kappa shape index (κ2) is 8.13. The minimum absolute atomic E-state index is 0.117. The van der Waals surface area contributed by atoms with E-state index < -0.39 is 10.0 Å². The summed E-state index contributed by atoms with van der Waals surface area (Å²) in [6, 6.07) is 13.7. The molecule has 0 aliphatic heterocycles. The van der Waals surface area contributed by atoms with Gasteiger partial charge < -0.3 is 9.64 Å². The number of anilines is 1. The van der Waals surface area contributed by atoms with Gasteiger partial charge in [-0.05, 0) is 48.4 Å². The van der Waals surface area contributed by atoms with Crippen LogP contribution in [0.1, 0.15) is 12.5 Å². The van der Waals surface area contributed by atoms with Crippen LogP contribution in [0.5, 0.6) is 5.75 Å². The third kappa shape index (κ3) is 5.04. The standard InChI is InChI=1S/C18H22N2O4S/c1-14(21)20(2)16-6-10-18(11-7-16)25(22,23)19-13-12-15-4-8-17(24-3)9-5-15/h4-11,19H,12-13H2,1-3H3. The van der Waals surface area contributed by atoms with E-state index in [1.807, 2.05) is 24.3 Å². The molecule has 0 radical (unpaired) electrons. The minimum atomic E-state index is -3.58. The first-order valence-electron chi connectivity index (χ1n) is 7.80. The Balaban J connectivity index is 1.97. The predicted molar refractivity (Wildman–Crippen MR) is 97.4 cm³/mol. The number of nitrogens with one attached hydrogen (secondary N) is 1. The van der Waals surface area contributed by atoms with Crippen LogP contribution in [0.4, 0.5) is 5.69 Å². The molecule has 2 aromatic carbocycles. The van der Waals surface area contributed by atoms with Crippen molar-refractivity contribution in [2.75, 3.05) is 25.6 Å². The fourth-order valence-electron chi connectivity index (χ4n) is 2.24. The topological polar surface area (TPSA) is 75.7 Å². The molecule has 6 nitrogen and oxygen atoms in total. The van der Waals surface area contributed by atoms with Crippen LogP contribution < -0.4 is 14.4 Å². The molecular weight excluding hydrogens is 340 g/mol. The van der Waals surface area contributed by atoms with E-state index in [0.29, 0.717) is 18.7 Å². The second-order valence-electron chi connectivity index (χ2n) is 5.57. The maximum atomic E-state index is 12.3. The summed E-state index contributed by atoms with van der Waals surface area (Å²) in [6.07, 6.45) is 0.578. The Morgan fingerprint density at radius 3 is 2.20 bits per heavy atom. The van der Waals surface area contributed by atoms with Crippen LogP contribution in [0.15, 0.2) is 53.4 Å². The fourth-order valence-corrected chi connectivity index (χ4v) is 3.27. The average molecular weight is 362 g/mol. The van der Waals surface area contributed by atoms with Crippen molar-refractivity contribution in [2.45, 2.75) is 18.2 Å². The first-order valence-corrected chi connectivity index (χ1v) is 9.29. The number of methoxy groups -OCH3 is 1. The highest BCUT2D eigenvalue weighted by Gasteiger charge is 2.14. The molecule has 0 heterocycles. The Morgan fingerprint density at radius 1 is 1.08 bits per heavy atom. The van der Waals surface area contributed by atoms with Crippen LogP contribution in [-0.2, 0) is 21.2 Å². The number of sulfonamides is 1. The van der Waals surface area contributed by atoms with Crippen molar-refractivity contribution >= 4 is 21.6 Å². The van der Waals surface area contributed by atoms with Gasteiger partial charge in [-0.1, -0.05) is 12.1 Å². The van der Waals surface area contributed by atoms with Crippen molar-refractivity contribution in [3.8, 4) is 5.75 Å². The van der Waals surface area contributed by atoms with Gasteiger partial charge in [-0.25, -0.2) is 13.1 Å². The normalized spacial score (nSPS) is 11.2. The molecule has 7 heteroatoms. The minimum Gasteiger partial charge on any atom is -0.497 e. The number of carbonyl (C=O) groups excluding carboxylic acids is 1. The van der Waals surface area contributed by atoms with Crippen LogP contribution in [0, 0.1) is 0 Å². The molecule has 0 spiro atoms. The van der Waals surface area contributed by atoms with Gasteiger partial charge in [0.1, 0.15) is 5.75 Å². The van der Waals surface area contributed by atoms with E-state index in [1.54, 1.807) is 26.3 Å². The molecule has 2 rings (SSSR count). The molecule has 0 atom stereocenters. The van der Waals surface area contributed by atoms with Gasteiger partial charge in [-0.15, -0.1) is 0 Å². The van der Waals surface area contributed by atoms with Crippen molar-refractivity contribution in [3.63, 3.8) is 0 Å². The van der Waals surface area contributed by atoms with Gasteiger partial charge in [0.25, 0.3) is 0 Å². The molecule has 2 aromatic rings. The Morgan fingerprint density at radius 2 is 1.68 bits per heavy atom. The maximum Gasteiger partial charge on any atom is 0.240 e. The van der Waals surface area contributed by atoms with E-state index in [1.165, 1.54) is 24.0 Å². The third-order valence-corrected chi connectivity index (χ3v) is 5.35. The molecule has 0 bridgehead atoms. The van der Waals surface area contributed by atoms with E-state index in [2.05, 4.69) is 4.72 Å². The van der Waals surface area contributed by atoms with E-state index in [0.717, 1.165) is 11.3 Å². The summed E-state index contributed by atoms with van der Waals surface area (Å²) in [7, 11) is -0.346. The number of benzene rings is 2. The van der Waals surface area contributed by atoms with Gasteiger partial charge in [0.2, 0.25) is 15.9 Å². The molecule has 25 heavy (non-hydrogen) atoms. The zero-order chi connectivity index (χ0) is 18.4. The fraction of sp³-hybridized carbons (Fsp3) is 0.278. The molecule has 0 saturated carbocycles. The quantitative estimate of drug-likeness (QED) is 0.819. The molecule has 134 valence electrons. The summed E-state index contributed by atoms with van der Waals surface area (Å²) >= 11 is 0. The van der Waals surface area contributed by atoms with Crippen molar-refractivity contribution in [1.29, 1.82) is 0 Å². The maximum absolute atomic E-state index is 12.3. The van der Waals surface area contributed by atoms with E-state index >= 15 is 0 Å². The Labute approximate surface area is 148 Å². The molecule has 0 saturated heterocycles. The van der Waals surface area contributed by atoms with Crippen molar-refractivity contribution < 1.29 is 17.9 Å². The first-order chi connectivity index (χ1) is 11.8. The van der Waals surface area contributed by atoms with Crippen LogP contribution in [-0.4, -0.2) is 35.0 Å². The number of ether oxygens (including phenoxy) is 1. The molecule has 0 unspecified atom stereocenters. The monoisotopic (exact) mass is 362 g/mol. The van der Waals surface area contributed by atoms with Gasteiger partial charge in [0.05, 0.1) is 12.0 Å². The second-order valence-corrected chi connectivity index (χ2v) is 7.33. The summed E-state index contributed by atoms with van der Waals surface area (Å²) in [5, 5.41) is 0. The lowest BCUT2D eigenvalue weighted by Gasteiger charge is -2.15. The lowest BCUT2D eigenvalue weighted by molar-refractivity contribution is -0.116. The summed E-state index contributed by atoms with van der Waals surface area (Å²) in [5.74, 6) is 0.646. The Kier molecular flexibility index (Phi) is 6.17. The van der Waals surface area contributed by atoms with Gasteiger partial charge in [-0.2, -0.15) is 0 Å². The molecule has 0 fully saturated rings. The predicted octanol–water partition coefficient (Wildman–Crippen LogP) is 2.20. The van der Waals surface area contributed by atoms with Gasteiger partial charge >= 0.3 is 0 Å². The van der Waals surface area contributed by atoms with Crippen LogP contribution in [0.3, 0.4) is 0 Å². The van der Waals surface area contributed by atoms with Crippen molar-refractivity contribution in [1.82, 2.24) is 4.72 Å². The number of carbonyl (C=O) groups is 1. The summed E-state index contributed by atoms with van der Waals surface area (Å²) in [5.41, 5.74) is 1.66. The lowest BCUT2D eigenvalue weighted by atomic mass is 10.1. The number of nitrogens with zero attached hydrogens (tertiary/aromatic N) is 1. The van der Waals surface area contributed by atoms with E-state index in [-0.39, 0.29) is 10.8 Å². The summed E-state index contributed by atoms with van der Waals surface area (Å²) in [4.78, 5) is 13.0. The van der Waals surface area contributed by atoms with Crippen molar-refractivity contribution in [3.05, 3.63) is 54.1 Å². The highest BCUT2D eigenvalue weighted by molar-refractivity contribution is 7.89. The Hall–Kier alpha value is -2.38. The zero-order valence-corrected chi connectivity index (χ0v) is 15.3. The number of hydrogen-bond donors (Lipinski definition) is 1. The van der Waals surface area contributed by atoms with Crippen LogP contribution in [0.25, 0.3) is 0 Å². The number of hydrogen-bond acceptors (Lipinski definition) is 4. The average Bonchev–Trinajstić information content (AvgIpc) is 2.61. The molecule has 0 aromatic heterocycles. The lowest BCUT2D eigenvalue weighted by Crippen LogP contribution is -2.26. The summed E-state index contributed by atoms with van der Waals surface area (Å²) < 4.78 is 32.3. The molecule has 1 N–H and O–H groups in total. The zero-order valence-electron chi connectivity index (χ0n) is 14.5. The first kappa shape index (κ1) is 19.0. The Bertz CT molecular complexity index is 815. The van der Waals surface area contributed by atoms with E-state index in [9.17, 15) is 13.2 Å². The van der Waals surface area contributed by atoms with Crippen LogP contribution >= 0.6 is 0 Å². The highest BCUT2D eigenvalue weighted by Crippen LogP contribution is 2.17. The number of rotatable bonds is 7. The largest absolute Gasteiger partial charge is 0.497 e. The molecule has 1 amide bonds. The van der Waals surface area contributed by atoms with Gasteiger partial charge in [-0.3, -0.25) is 4.79 Å². The summed E-state index contributed by atoms with van der Waals surface area (Å²) in [6.45, 7) is 1.75. The highest BCUT2D eigenvalue weighted by atomic mass is 32.2. The third-order valence-electron chi connectivity index (χ3n) is 3.87. The smallest absolute Gasteiger partial charge is 0.240 e. The van der Waals surface area contributed by atoms with Gasteiger partial charge in [0, 0.05) is 26.2 Å². The van der Waals surface area contributed by atoms with Crippen molar-refractivity contribution in [2.24, 2.45) is 0 Å². The SMILES string of the molecule is COc1ccc(CCNS(=O)(=O)c2ccc(N(C)C(C)=O)cc2)cc1. The molecular formula is C18H22N2O4S. The molecule has 0 aliphatic rings. The van der Waals surface area contributed by atoms with E-state index in [4.69, 9.17) is 4.74 Å². The number of amides is 1. The molecule has 0 aliphatic carbocycles. The van der Waals surface area contributed by atoms with Gasteiger partial charge in [0.15, 0.2) is 0 Å². The van der Waals surface area contributed by atoms with Crippen LogP contribution in [0.2, 0.25) is 0 Å².